The van der Waals surface area contributed by atoms with Gasteiger partial charge in [-0.2, -0.15) is 0 Å². The van der Waals surface area contributed by atoms with Crippen molar-refractivity contribution in [3.63, 3.8) is 0 Å². The van der Waals surface area contributed by atoms with E-state index in [1.807, 2.05) is 0 Å². The highest BCUT2D eigenvalue weighted by molar-refractivity contribution is 5.88. The van der Waals surface area contributed by atoms with Crippen LogP contribution in [-0.2, 0) is 0 Å². The van der Waals surface area contributed by atoms with Gasteiger partial charge in [-0.25, -0.2) is 9.59 Å². The van der Waals surface area contributed by atoms with Gasteiger partial charge in [0.2, 0.25) is 0 Å². The maximum atomic E-state index is 9.48. The van der Waals surface area contributed by atoms with Crippen LogP contribution in [0.15, 0.2) is 0 Å². The first kappa shape index (κ1) is 5.74. The molecule has 0 saturated heterocycles. The van der Waals surface area contributed by atoms with Gasteiger partial charge in [0.05, 0.1) is 0 Å². The first-order valence-corrected chi connectivity index (χ1v) is 1.37. The molecular formula is C2H3N2O3. The second kappa shape index (κ2) is 2.01. The molecule has 0 aliphatic carbocycles. The fraction of sp³-hybridized carbons (Fsp3) is 0. The van der Waals surface area contributed by atoms with Crippen LogP contribution in [0, 0.1) is 0 Å². The lowest BCUT2D eigenvalue weighted by Gasteiger charge is -1.81. The average Bonchev–Trinajstić information content (AvgIpc) is 1.27. The fourth-order valence-corrected chi connectivity index (χ4v) is 0.0943. The summed E-state index contributed by atoms with van der Waals surface area (Å²) < 4.78 is 0. The number of rotatable bonds is 0. The van der Waals surface area contributed by atoms with Crippen molar-refractivity contribution in [2.75, 3.05) is 0 Å². The topological polar surface area (TPSA) is 94.5 Å². The summed E-state index contributed by atoms with van der Waals surface area (Å²) in [5.41, 5.74) is 4.31. The molecule has 0 spiro atoms. The molecule has 0 heterocycles. The number of nitrogens with two attached hydrogens (primary N) is 1. The van der Waals surface area contributed by atoms with Crippen LogP contribution in [0.4, 0.5) is 9.59 Å². The number of carbonyl (C=O) groups is 2. The Morgan fingerprint density at radius 2 is 2.00 bits per heavy atom. The maximum absolute atomic E-state index is 9.48. The highest BCUT2D eigenvalue weighted by atomic mass is 16.4. The summed E-state index contributed by atoms with van der Waals surface area (Å²) in [4.78, 5) is 18.8. The zero-order valence-corrected chi connectivity index (χ0v) is 3.29. The number of hydrogen-bond acceptors (Lipinski definition) is 2. The van der Waals surface area contributed by atoms with Crippen LogP contribution in [0.25, 0.3) is 0 Å². The number of imide groups is 1. The third-order valence-electron chi connectivity index (χ3n) is 0.206. The lowest BCUT2D eigenvalue weighted by Crippen LogP contribution is -2.26. The normalized spacial score (nSPS) is 7.43. The summed E-state index contributed by atoms with van der Waals surface area (Å²) >= 11 is 0. The molecule has 0 fully saturated rings. The predicted octanol–water partition coefficient (Wildman–Crippen LogP) is -0.652. The zero-order chi connectivity index (χ0) is 5.86. The molecule has 0 atom stereocenters. The van der Waals surface area contributed by atoms with Crippen LogP contribution in [-0.4, -0.2) is 17.2 Å². The standard InChI is InChI=1S/C2H3N2O3/c3-1(5)4-2(6)7/h(H2,3,5)(H,6,7). The van der Waals surface area contributed by atoms with Gasteiger partial charge < -0.3 is 10.8 Å². The first-order valence-electron chi connectivity index (χ1n) is 1.37. The van der Waals surface area contributed by atoms with Gasteiger partial charge in [-0.1, -0.05) is 0 Å². The zero-order valence-electron chi connectivity index (χ0n) is 3.29. The molecule has 3 N–H and O–H groups in total. The molecule has 0 saturated carbocycles. The number of amides is 3. The maximum Gasteiger partial charge on any atom is 0.435 e. The van der Waals surface area contributed by atoms with Gasteiger partial charge in [0.1, 0.15) is 0 Å². The third-order valence-corrected chi connectivity index (χ3v) is 0.206. The van der Waals surface area contributed by atoms with E-state index in [1.165, 1.54) is 0 Å². The van der Waals surface area contributed by atoms with E-state index in [0.29, 0.717) is 0 Å². The molecule has 0 aromatic carbocycles. The number of carbonyl (C=O) groups excluding carboxylic acids is 1. The van der Waals surface area contributed by atoms with Crippen molar-refractivity contribution in [3.05, 3.63) is 0 Å². The summed E-state index contributed by atoms with van der Waals surface area (Å²) in [6.45, 7) is 0. The number of primary amides is 1. The number of urea groups is 1. The lowest BCUT2D eigenvalue weighted by atomic mass is 11.0. The van der Waals surface area contributed by atoms with Gasteiger partial charge in [-0.15, -0.1) is 5.32 Å². The van der Waals surface area contributed by atoms with Crippen LogP contribution in [0.5, 0.6) is 0 Å². The molecule has 0 aliphatic rings. The van der Waals surface area contributed by atoms with Gasteiger partial charge in [-0.3, -0.25) is 0 Å². The van der Waals surface area contributed by atoms with Gasteiger partial charge in [0.25, 0.3) is 0 Å². The van der Waals surface area contributed by atoms with Gasteiger partial charge in [0, 0.05) is 0 Å². The number of hydrogen-bond donors (Lipinski definition) is 2. The molecule has 0 rings (SSSR count). The lowest BCUT2D eigenvalue weighted by molar-refractivity contribution is 0.192. The van der Waals surface area contributed by atoms with E-state index in [2.05, 4.69) is 11.1 Å². The molecule has 0 bridgehead atoms. The van der Waals surface area contributed by atoms with E-state index < -0.39 is 12.1 Å². The largest absolute Gasteiger partial charge is 0.463 e. The molecule has 0 aliphatic heterocycles. The molecule has 1 radical (unpaired) electrons. The molecule has 0 aromatic rings. The second-order valence-electron chi connectivity index (χ2n) is 0.733. The molecule has 7 heavy (non-hydrogen) atoms. The highest BCUT2D eigenvalue weighted by Crippen LogP contribution is 1.60. The fourth-order valence-electron chi connectivity index (χ4n) is 0.0943. The minimum atomic E-state index is -1.56. The van der Waals surface area contributed by atoms with E-state index >= 15 is 0 Å². The smallest absolute Gasteiger partial charge is 0.435 e. The Kier molecular flexibility index (Phi) is 1.65. The summed E-state index contributed by atoms with van der Waals surface area (Å²) in [5, 5.41) is 9.95. The highest BCUT2D eigenvalue weighted by Gasteiger charge is 1.99. The van der Waals surface area contributed by atoms with Crippen molar-refractivity contribution in [1.29, 1.82) is 0 Å². The third kappa shape index (κ3) is 4.74. The van der Waals surface area contributed by atoms with Crippen molar-refractivity contribution in [2.45, 2.75) is 0 Å². The molecule has 5 nitrogen and oxygen atoms in total. The van der Waals surface area contributed by atoms with Gasteiger partial charge in [0.15, 0.2) is 0 Å². The number of nitrogens with zero attached hydrogens (tertiary/aromatic N) is 1. The van der Waals surface area contributed by atoms with E-state index in [9.17, 15) is 9.59 Å². The second-order valence-corrected chi connectivity index (χ2v) is 0.733. The minimum absolute atomic E-state index is 1.19. The monoisotopic (exact) mass is 103 g/mol. The Balaban J connectivity index is 3.32. The Labute approximate surface area is 39.1 Å². The summed E-state index contributed by atoms with van der Waals surface area (Å²) in [5.74, 6) is 0. The quantitative estimate of drug-likeness (QED) is 0.426. The van der Waals surface area contributed by atoms with Gasteiger partial charge in [-0.05, 0) is 0 Å². The first-order chi connectivity index (χ1) is 3.13. The molecule has 3 amide bonds. The van der Waals surface area contributed by atoms with Crippen molar-refractivity contribution in [2.24, 2.45) is 5.73 Å². The molecular weight excluding hydrogens is 100 g/mol. The van der Waals surface area contributed by atoms with Crippen LogP contribution in [0.3, 0.4) is 0 Å². The summed E-state index contributed by atoms with van der Waals surface area (Å²) in [6.07, 6.45) is -1.56. The molecule has 39 valence electrons. The SMILES string of the molecule is NC(=O)[N]C(=O)O. The summed E-state index contributed by atoms with van der Waals surface area (Å²) in [6, 6.07) is -1.19. The van der Waals surface area contributed by atoms with Crippen LogP contribution in [0.2, 0.25) is 0 Å². The van der Waals surface area contributed by atoms with Crippen LogP contribution in [0.1, 0.15) is 0 Å². The van der Waals surface area contributed by atoms with Gasteiger partial charge >= 0.3 is 12.1 Å². The Bertz CT molecular complexity index is 87.1. The van der Waals surface area contributed by atoms with E-state index in [1.54, 1.807) is 0 Å². The molecule has 5 heteroatoms. The van der Waals surface area contributed by atoms with Crippen molar-refractivity contribution in [1.82, 2.24) is 5.32 Å². The van der Waals surface area contributed by atoms with E-state index in [4.69, 9.17) is 5.11 Å². The van der Waals surface area contributed by atoms with Crippen molar-refractivity contribution in [3.8, 4) is 0 Å². The van der Waals surface area contributed by atoms with E-state index in [-0.39, 0.29) is 0 Å². The minimum Gasteiger partial charge on any atom is -0.463 e. The molecule has 0 aromatic heterocycles. The Hall–Kier alpha value is -1.26. The van der Waals surface area contributed by atoms with Crippen LogP contribution < -0.4 is 11.1 Å². The summed E-state index contributed by atoms with van der Waals surface area (Å²) in [7, 11) is 0. The predicted molar refractivity (Wildman–Crippen MR) is 19.7 cm³/mol. The van der Waals surface area contributed by atoms with Crippen molar-refractivity contribution < 1.29 is 14.7 Å². The van der Waals surface area contributed by atoms with E-state index in [0.717, 1.165) is 0 Å². The average molecular weight is 103 g/mol. The van der Waals surface area contributed by atoms with Crippen LogP contribution >= 0.6 is 0 Å². The number of carboxylic acid groups (broad SMARTS) is 1. The van der Waals surface area contributed by atoms with Crippen molar-refractivity contribution >= 4 is 12.1 Å². The molecule has 0 unspecified atom stereocenters. The Morgan fingerprint density at radius 1 is 1.57 bits per heavy atom. The Morgan fingerprint density at radius 3 is 2.00 bits per heavy atom.